The van der Waals surface area contributed by atoms with Crippen LogP contribution in [0.25, 0.3) is 0 Å². The third-order valence-electron chi connectivity index (χ3n) is 4.06. The molecule has 0 aromatic carbocycles. The average Bonchev–Trinajstić information content (AvgIpc) is 2.39. The number of rotatable bonds is 2. The zero-order valence-corrected chi connectivity index (χ0v) is 10.7. The monoisotopic (exact) mass is 240 g/mol. The van der Waals surface area contributed by atoms with Gasteiger partial charge in [-0.1, -0.05) is 6.42 Å². The number of amides is 1. The van der Waals surface area contributed by atoms with E-state index in [0.717, 1.165) is 45.3 Å². The highest BCUT2D eigenvalue weighted by atomic mass is 16.3. The molecule has 2 N–H and O–H groups in total. The van der Waals surface area contributed by atoms with Gasteiger partial charge in [-0.3, -0.25) is 4.79 Å². The number of piperidine rings is 2. The van der Waals surface area contributed by atoms with Gasteiger partial charge in [-0.05, 0) is 39.2 Å². The van der Waals surface area contributed by atoms with Crippen molar-refractivity contribution in [2.75, 3.05) is 19.6 Å². The molecule has 2 aliphatic heterocycles. The molecule has 0 radical (unpaired) electrons. The van der Waals surface area contributed by atoms with E-state index in [-0.39, 0.29) is 24.0 Å². The molecule has 0 saturated carbocycles. The maximum atomic E-state index is 12.3. The third kappa shape index (κ3) is 3.19. The van der Waals surface area contributed by atoms with Crippen molar-refractivity contribution in [2.24, 2.45) is 5.92 Å². The van der Waals surface area contributed by atoms with Crippen LogP contribution in [-0.4, -0.2) is 47.7 Å². The number of aliphatic hydroxyl groups excluding tert-OH is 1. The summed E-state index contributed by atoms with van der Waals surface area (Å²) in [7, 11) is 0. The highest BCUT2D eigenvalue weighted by molar-refractivity contribution is 5.82. The van der Waals surface area contributed by atoms with E-state index < -0.39 is 0 Å². The molecule has 4 nitrogen and oxygen atoms in total. The van der Waals surface area contributed by atoms with Crippen LogP contribution >= 0.6 is 0 Å². The van der Waals surface area contributed by atoms with Crippen LogP contribution in [0.3, 0.4) is 0 Å². The summed E-state index contributed by atoms with van der Waals surface area (Å²) in [6, 6.07) is 0.0245. The molecule has 0 bridgehead atoms. The Morgan fingerprint density at radius 1 is 1.35 bits per heavy atom. The zero-order valence-electron chi connectivity index (χ0n) is 10.7. The summed E-state index contributed by atoms with van der Waals surface area (Å²) in [6.07, 6.45) is 5.06. The molecule has 0 aromatic heterocycles. The van der Waals surface area contributed by atoms with E-state index in [9.17, 15) is 9.90 Å². The smallest absolute Gasteiger partial charge is 0.239 e. The summed E-state index contributed by atoms with van der Waals surface area (Å²) in [4.78, 5) is 14.3. The Hall–Kier alpha value is -0.610. The van der Waals surface area contributed by atoms with Crippen molar-refractivity contribution in [3.05, 3.63) is 0 Å². The first-order valence-electron chi connectivity index (χ1n) is 6.88. The van der Waals surface area contributed by atoms with Crippen LogP contribution in [-0.2, 0) is 4.79 Å². The Bertz CT molecular complexity index is 262. The van der Waals surface area contributed by atoms with Crippen LogP contribution in [0.15, 0.2) is 0 Å². The molecule has 98 valence electrons. The quantitative estimate of drug-likeness (QED) is 0.749. The molecule has 2 fully saturated rings. The molecule has 0 unspecified atom stereocenters. The van der Waals surface area contributed by atoms with E-state index in [1.54, 1.807) is 0 Å². The third-order valence-corrected chi connectivity index (χ3v) is 4.06. The van der Waals surface area contributed by atoms with Crippen molar-refractivity contribution >= 4 is 5.91 Å². The number of likely N-dealkylation sites (tertiary alicyclic amines) is 1. The Labute approximate surface area is 103 Å². The van der Waals surface area contributed by atoms with Gasteiger partial charge in [0.2, 0.25) is 5.91 Å². The molecule has 1 amide bonds. The molecular weight excluding hydrogens is 216 g/mol. The molecule has 3 atom stereocenters. The molecular formula is C13H24N2O2. The van der Waals surface area contributed by atoms with Crippen LogP contribution in [0.5, 0.6) is 0 Å². The van der Waals surface area contributed by atoms with E-state index in [4.69, 9.17) is 0 Å². The maximum absolute atomic E-state index is 12.3. The zero-order chi connectivity index (χ0) is 12.3. The fraction of sp³-hybridized carbons (Fsp3) is 0.923. The van der Waals surface area contributed by atoms with Gasteiger partial charge < -0.3 is 15.3 Å². The summed E-state index contributed by atoms with van der Waals surface area (Å²) in [5.74, 6) is 0.506. The van der Waals surface area contributed by atoms with Crippen LogP contribution in [0, 0.1) is 5.92 Å². The summed E-state index contributed by atoms with van der Waals surface area (Å²) in [5.41, 5.74) is 0. The lowest BCUT2D eigenvalue weighted by Crippen LogP contribution is -2.52. The van der Waals surface area contributed by atoms with Gasteiger partial charge in [-0.25, -0.2) is 0 Å². The second kappa shape index (κ2) is 5.83. The molecule has 2 rings (SSSR count). The van der Waals surface area contributed by atoms with Gasteiger partial charge in [0.15, 0.2) is 0 Å². The van der Waals surface area contributed by atoms with Crippen LogP contribution in [0.4, 0.5) is 0 Å². The van der Waals surface area contributed by atoms with Crippen molar-refractivity contribution < 1.29 is 9.90 Å². The average molecular weight is 240 g/mol. The highest BCUT2D eigenvalue weighted by Crippen LogP contribution is 2.21. The van der Waals surface area contributed by atoms with Crippen LogP contribution in [0.1, 0.15) is 39.0 Å². The minimum absolute atomic E-state index is 0.0245. The molecule has 4 heteroatoms. The van der Waals surface area contributed by atoms with Gasteiger partial charge in [0, 0.05) is 19.0 Å². The SMILES string of the molecule is C[C@H](O)[C@H]1CCCN(C(=O)[C@H]2CCCCN2)C1. The summed E-state index contributed by atoms with van der Waals surface area (Å²) >= 11 is 0. The van der Waals surface area contributed by atoms with Crippen molar-refractivity contribution in [3.63, 3.8) is 0 Å². The number of carbonyl (C=O) groups excluding carboxylic acids is 1. The maximum Gasteiger partial charge on any atom is 0.239 e. The standard InChI is InChI=1S/C13H24N2O2/c1-10(16)11-5-4-8-15(9-11)13(17)12-6-2-3-7-14-12/h10-12,14,16H,2-9H2,1H3/t10-,11-,12+/m0/s1. The van der Waals surface area contributed by atoms with Gasteiger partial charge in [0.25, 0.3) is 0 Å². The van der Waals surface area contributed by atoms with Gasteiger partial charge in [-0.15, -0.1) is 0 Å². The van der Waals surface area contributed by atoms with Crippen molar-refractivity contribution in [1.29, 1.82) is 0 Å². The van der Waals surface area contributed by atoms with Crippen molar-refractivity contribution in [2.45, 2.75) is 51.2 Å². The normalized spacial score (nSPS) is 32.2. The Morgan fingerprint density at radius 2 is 2.18 bits per heavy atom. The van der Waals surface area contributed by atoms with Crippen LogP contribution in [0.2, 0.25) is 0 Å². The van der Waals surface area contributed by atoms with E-state index in [0.29, 0.717) is 0 Å². The Morgan fingerprint density at radius 3 is 2.82 bits per heavy atom. The van der Waals surface area contributed by atoms with Gasteiger partial charge in [0.1, 0.15) is 0 Å². The molecule has 2 saturated heterocycles. The van der Waals surface area contributed by atoms with Gasteiger partial charge >= 0.3 is 0 Å². The number of hydrogen-bond donors (Lipinski definition) is 2. The predicted octanol–water partition coefficient (Wildman–Crippen LogP) is 0.748. The number of nitrogens with one attached hydrogen (secondary N) is 1. The molecule has 2 heterocycles. The minimum Gasteiger partial charge on any atom is -0.393 e. The first-order valence-corrected chi connectivity index (χ1v) is 6.88. The lowest BCUT2D eigenvalue weighted by atomic mass is 9.92. The van der Waals surface area contributed by atoms with E-state index >= 15 is 0 Å². The summed E-state index contributed by atoms with van der Waals surface area (Å²) in [6.45, 7) is 4.39. The molecule has 0 aliphatic carbocycles. The summed E-state index contributed by atoms with van der Waals surface area (Å²) < 4.78 is 0. The van der Waals surface area contributed by atoms with Crippen LogP contribution < -0.4 is 5.32 Å². The molecule has 2 aliphatic rings. The van der Waals surface area contributed by atoms with E-state index in [1.165, 1.54) is 6.42 Å². The largest absolute Gasteiger partial charge is 0.393 e. The molecule has 17 heavy (non-hydrogen) atoms. The molecule has 0 spiro atoms. The van der Waals surface area contributed by atoms with Crippen molar-refractivity contribution in [3.8, 4) is 0 Å². The second-order valence-corrected chi connectivity index (χ2v) is 5.43. The van der Waals surface area contributed by atoms with Crippen molar-refractivity contribution in [1.82, 2.24) is 10.2 Å². The van der Waals surface area contributed by atoms with Gasteiger partial charge in [-0.2, -0.15) is 0 Å². The lowest BCUT2D eigenvalue weighted by Gasteiger charge is -2.37. The predicted molar refractivity (Wildman–Crippen MR) is 66.6 cm³/mol. The molecule has 0 aromatic rings. The first-order chi connectivity index (χ1) is 8.18. The lowest BCUT2D eigenvalue weighted by molar-refractivity contribution is -0.136. The second-order valence-electron chi connectivity index (χ2n) is 5.43. The topological polar surface area (TPSA) is 52.6 Å². The fourth-order valence-electron chi connectivity index (χ4n) is 2.89. The Kier molecular flexibility index (Phi) is 4.40. The fourth-order valence-corrected chi connectivity index (χ4v) is 2.89. The van der Waals surface area contributed by atoms with E-state index in [2.05, 4.69) is 5.32 Å². The number of hydrogen-bond acceptors (Lipinski definition) is 3. The number of nitrogens with zero attached hydrogens (tertiary/aromatic N) is 1. The summed E-state index contributed by atoms with van der Waals surface area (Å²) in [5, 5.41) is 12.9. The minimum atomic E-state index is -0.301. The number of aliphatic hydroxyl groups is 1. The Balaban J connectivity index is 1.89. The van der Waals surface area contributed by atoms with E-state index in [1.807, 2.05) is 11.8 Å². The number of carbonyl (C=O) groups is 1. The highest BCUT2D eigenvalue weighted by Gasteiger charge is 2.30. The first kappa shape index (κ1) is 12.8. The van der Waals surface area contributed by atoms with Gasteiger partial charge in [0.05, 0.1) is 12.1 Å².